The van der Waals surface area contributed by atoms with E-state index in [2.05, 4.69) is 10.5 Å². The first-order valence-electron chi connectivity index (χ1n) is 8.96. The molecule has 0 aliphatic rings. The van der Waals surface area contributed by atoms with Crippen molar-refractivity contribution in [3.05, 3.63) is 59.3 Å². The zero-order valence-electron chi connectivity index (χ0n) is 16.0. The van der Waals surface area contributed by atoms with Crippen molar-refractivity contribution in [3.63, 3.8) is 0 Å². The number of hydrogen-bond acceptors (Lipinski definition) is 6. The number of fused-ring (bicyclic) bond motifs is 1. The van der Waals surface area contributed by atoms with E-state index >= 15 is 0 Å². The standard InChI is InChI=1S/C21H20N2O6/c1-12-3-8-19-16(9-12)17(23-29-19)11-20(25)22-18(21(26)27)10-14-4-6-15(7-5-14)28-13(2)24/h3-9,18H,10-11H2,1-2H3,(H,22,25)(H,26,27). The molecule has 29 heavy (non-hydrogen) atoms. The van der Waals surface area contributed by atoms with Crippen LogP contribution in [-0.4, -0.2) is 34.2 Å². The molecule has 0 fully saturated rings. The quantitative estimate of drug-likeness (QED) is 0.465. The number of benzene rings is 2. The number of hydrogen-bond donors (Lipinski definition) is 2. The number of aromatic nitrogens is 1. The lowest BCUT2D eigenvalue weighted by atomic mass is 10.1. The first-order valence-corrected chi connectivity index (χ1v) is 8.96. The summed E-state index contributed by atoms with van der Waals surface area (Å²) in [4.78, 5) is 35.0. The molecule has 0 saturated carbocycles. The maximum Gasteiger partial charge on any atom is 0.326 e. The number of carboxylic acids is 1. The Morgan fingerprint density at radius 3 is 2.55 bits per heavy atom. The van der Waals surface area contributed by atoms with Gasteiger partial charge in [0, 0.05) is 18.7 Å². The van der Waals surface area contributed by atoms with Crippen molar-refractivity contribution >= 4 is 28.8 Å². The lowest BCUT2D eigenvalue weighted by molar-refractivity contribution is -0.141. The Hall–Kier alpha value is -3.68. The molecule has 1 unspecified atom stereocenters. The van der Waals surface area contributed by atoms with Crippen LogP contribution in [0.2, 0.25) is 0 Å². The summed E-state index contributed by atoms with van der Waals surface area (Å²) in [5, 5.41) is 16.6. The monoisotopic (exact) mass is 396 g/mol. The number of nitrogens with zero attached hydrogens (tertiary/aromatic N) is 1. The lowest BCUT2D eigenvalue weighted by Crippen LogP contribution is -2.43. The first-order chi connectivity index (χ1) is 13.8. The molecular weight excluding hydrogens is 376 g/mol. The van der Waals surface area contributed by atoms with Crippen molar-refractivity contribution < 1.29 is 28.8 Å². The predicted molar refractivity (Wildman–Crippen MR) is 103 cm³/mol. The molecule has 1 atom stereocenters. The fourth-order valence-electron chi connectivity index (χ4n) is 2.92. The number of carbonyl (C=O) groups is 3. The number of esters is 1. The average molecular weight is 396 g/mol. The molecule has 3 rings (SSSR count). The van der Waals surface area contributed by atoms with Crippen LogP contribution in [0.25, 0.3) is 11.0 Å². The van der Waals surface area contributed by atoms with Crippen molar-refractivity contribution in [1.82, 2.24) is 10.5 Å². The fraction of sp³-hybridized carbons (Fsp3) is 0.238. The molecule has 0 saturated heterocycles. The molecule has 2 aromatic carbocycles. The number of rotatable bonds is 7. The zero-order valence-corrected chi connectivity index (χ0v) is 16.0. The van der Waals surface area contributed by atoms with Gasteiger partial charge in [-0.3, -0.25) is 9.59 Å². The van der Waals surface area contributed by atoms with Gasteiger partial charge in [-0.25, -0.2) is 4.79 Å². The molecule has 3 aromatic rings. The first kappa shape index (κ1) is 20.1. The van der Waals surface area contributed by atoms with Crippen molar-refractivity contribution in [2.75, 3.05) is 0 Å². The van der Waals surface area contributed by atoms with Crippen LogP contribution in [0.1, 0.15) is 23.7 Å². The van der Waals surface area contributed by atoms with E-state index in [1.807, 2.05) is 19.1 Å². The summed E-state index contributed by atoms with van der Waals surface area (Å²) in [7, 11) is 0. The van der Waals surface area contributed by atoms with Crippen molar-refractivity contribution in [3.8, 4) is 5.75 Å². The second kappa shape index (κ2) is 8.55. The Morgan fingerprint density at radius 2 is 1.90 bits per heavy atom. The maximum atomic E-state index is 12.4. The topological polar surface area (TPSA) is 119 Å². The van der Waals surface area contributed by atoms with Crippen molar-refractivity contribution in [2.45, 2.75) is 32.7 Å². The van der Waals surface area contributed by atoms with Gasteiger partial charge >= 0.3 is 11.9 Å². The summed E-state index contributed by atoms with van der Waals surface area (Å²) in [6.45, 7) is 3.22. The summed E-state index contributed by atoms with van der Waals surface area (Å²) in [5.41, 5.74) is 2.70. The highest BCUT2D eigenvalue weighted by molar-refractivity contribution is 5.89. The molecule has 0 aliphatic heterocycles. The van der Waals surface area contributed by atoms with Crippen LogP contribution in [0, 0.1) is 6.92 Å². The van der Waals surface area contributed by atoms with Crippen LogP contribution < -0.4 is 10.1 Å². The van der Waals surface area contributed by atoms with Gasteiger partial charge in [0.1, 0.15) is 17.5 Å². The third-order valence-corrected chi connectivity index (χ3v) is 4.29. The Kier molecular flexibility index (Phi) is 5.92. The Bertz CT molecular complexity index is 1050. The number of aryl methyl sites for hydroxylation is 1. The summed E-state index contributed by atoms with van der Waals surface area (Å²) in [6.07, 6.45) is -0.00822. The summed E-state index contributed by atoms with van der Waals surface area (Å²) in [5.74, 6) is -1.69. The van der Waals surface area contributed by atoms with E-state index in [4.69, 9.17) is 9.26 Å². The summed E-state index contributed by atoms with van der Waals surface area (Å²) < 4.78 is 10.2. The third kappa shape index (κ3) is 5.19. The maximum absolute atomic E-state index is 12.4. The fourth-order valence-corrected chi connectivity index (χ4v) is 2.92. The van der Waals surface area contributed by atoms with Crippen LogP contribution in [0.3, 0.4) is 0 Å². The highest BCUT2D eigenvalue weighted by Gasteiger charge is 2.22. The van der Waals surface area contributed by atoms with Crippen molar-refractivity contribution in [1.29, 1.82) is 0 Å². The van der Waals surface area contributed by atoms with Gasteiger partial charge in [0.2, 0.25) is 5.91 Å². The minimum atomic E-state index is -1.15. The second-order valence-electron chi connectivity index (χ2n) is 6.71. The molecule has 150 valence electrons. The molecule has 0 bridgehead atoms. The molecule has 0 radical (unpaired) electrons. The number of carboxylic acid groups (broad SMARTS) is 1. The number of aliphatic carboxylic acids is 1. The molecule has 0 spiro atoms. The van der Waals surface area contributed by atoms with Crippen LogP contribution in [0.5, 0.6) is 5.75 Å². The van der Waals surface area contributed by atoms with Crippen LogP contribution in [-0.2, 0) is 27.2 Å². The Morgan fingerprint density at radius 1 is 1.17 bits per heavy atom. The molecule has 2 N–H and O–H groups in total. The smallest absolute Gasteiger partial charge is 0.326 e. The van der Waals surface area contributed by atoms with Gasteiger partial charge in [0.05, 0.1) is 6.42 Å². The molecule has 1 amide bonds. The normalized spacial score (nSPS) is 11.8. The van der Waals surface area contributed by atoms with Gasteiger partial charge in [-0.2, -0.15) is 0 Å². The number of amides is 1. The minimum Gasteiger partial charge on any atom is -0.480 e. The third-order valence-electron chi connectivity index (χ3n) is 4.29. The van der Waals surface area contributed by atoms with Gasteiger partial charge in [-0.05, 0) is 36.8 Å². The van der Waals surface area contributed by atoms with E-state index in [0.717, 1.165) is 10.9 Å². The highest BCUT2D eigenvalue weighted by atomic mass is 16.5. The van der Waals surface area contributed by atoms with Gasteiger partial charge in [0.15, 0.2) is 5.58 Å². The molecule has 1 heterocycles. The van der Waals surface area contributed by atoms with Gasteiger partial charge in [0.25, 0.3) is 0 Å². The number of ether oxygens (including phenoxy) is 1. The second-order valence-corrected chi connectivity index (χ2v) is 6.71. The predicted octanol–water partition coefficient (Wildman–Crippen LogP) is 2.42. The Labute approximate surface area is 166 Å². The summed E-state index contributed by atoms with van der Waals surface area (Å²) in [6, 6.07) is 10.9. The minimum absolute atomic E-state index is 0.0834. The zero-order chi connectivity index (χ0) is 21.0. The molecule has 0 aliphatic carbocycles. The average Bonchev–Trinajstić information content (AvgIpc) is 3.04. The van der Waals surface area contributed by atoms with Crippen molar-refractivity contribution in [2.24, 2.45) is 0 Å². The lowest BCUT2D eigenvalue weighted by Gasteiger charge is -2.14. The van der Waals surface area contributed by atoms with Gasteiger partial charge < -0.3 is 19.7 Å². The van der Waals surface area contributed by atoms with Crippen LogP contribution >= 0.6 is 0 Å². The molecule has 8 heteroatoms. The molecule has 8 nitrogen and oxygen atoms in total. The van der Waals surface area contributed by atoms with E-state index in [9.17, 15) is 19.5 Å². The van der Waals surface area contributed by atoms with Crippen LogP contribution in [0.4, 0.5) is 0 Å². The SMILES string of the molecule is CC(=O)Oc1ccc(CC(NC(=O)Cc2noc3ccc(C)cc23)C(=O)O)cc1. The van der Waals surface area contributed by atoms with Gasteiger partial charge in [-0.1, -0.05) is 28.9 Å². The highest BCUT2D eigenvalue weighted by Crippen LogP contribution is 2.20. The van der Waals surface area contributed by atoms with Gasteiger partial charge in [-0.15, -0.1) is 0 Å². The molecule has 1 aromatic heterocycles. The number of carbonyl (C=O) groups excluding carboxylic acids is 2. The van der Waals surface area contributed by atoms with E-state index in [1.165, 1.54) is 6.92 Å². The largest absolute Gasteiger partial charge is 0.480 e. The number of nitrogens with one attached hydrogen (secondary N) is 1. The van der Waals surface area contributed by atoms with Crippen LogP contribution in [0.15, 0.2) is 47.0 Å². The van der Waals surface area contributed by atoms with E-state index in [0.29, 0.717) is 22.6 Å². The van der Waals surface area contributed by atoms with E-state index in [-0.39, 0.29) is 12.8 Å². The van der Waals surface area contributed by atoms with E-state index < -0.39 is 23.9 Å². The summed E-state index contributed by atoms with van der Waals surface area (Å²) >= 11 is 0. The van der Waals surface area contributed by atoms with E-state index in [1.54, 1.807) is 30.3 Å². The molecular formula is C21H20N2O6. The Balaban J connectivity index is 1.66.